The van der Waals surface area contributed by atoms with E-state index in [2.05, 4.69) is 11.9 Å². The average molecular weight is 579 g/mol. The number of likely N-dealkylation sites (tertiary alicyclic amines) is 1. The number of ether oxygens (including phenoxy) is 5. The van der Waals surface area contributed by atoms with Crippen molar-refractivity contribution in [2.75, 3.05) is 20.5 Å². The molecule has 4 heterocycles. The molecule has 1 N–H and O–H groups in total. The lowest BCUT2D eigenvalue weighted by molar-refractivity contribution is -0.209. The quantitative estimate of drug-likeness (QED) is 0.206. The molecule has 1 unspecified atom stereocenters. The largest absolute Gasteiger partial charge is 0.493 e. The van der Waals surface area contributed by atoms with Gasteiger partial charge in [0.1, 0.15) is 12.4 Å². The maximum absolute atomic E-state index is 14.1. The Morgan fingerprint density at radius 2 is 2.10 bits per heavy atom. The summed E-state index contributed by atoms with van der Waals surface area (Å²) in [6.45, 7) is 9.96. The molecule has 1 aliphatic carbocycles. The molecule has 41 heavy (non-hydrogen) atoms. The van der Waals surface area contributed by atoms with Crippen molar-refractivity contribution in [2.24, 2.45) is 0 Å². The van der Waals surface area contributed by atoms with Crippen LogP contribution in [-0.4, -0.2) is 57.8 Å². The van der Waals surface area contributed by atoms with Crippen LogP contribution in [0.5, 0.6) is 28.7 Å². The van der Waals surface area contributed by atoms with Gasteiger partial charge in [0.25, 0.3) is 0 Å². The first-order valence-electron chi connectivity index (χ1n) is 14.0. The molecular weight excluding hydrogens is 547 g/mol. The van der Waals surface area contributed by atoms with Crippen LogP contribution in [0.1, 0.15) is 53.6 Å². The summed E-state index contributed by atoms with van der Waals surface area (Å²) in [6.07, 6.45) is 2.62. The van der Waals surface area contributed by atoms with Gasteiger partial charge in [-0.05, 0) is 57.6 Å². The number of methoxy groups -OCH3 is 1. The van der Waals surface area contributed by atoms with E-state index in [1.165, 1.54) is 0 Å². The monoisotopic (exact) mass is 579 g/mol. The first-order chi connectivity index (χ1) is 20.2. The van der Waals surface area contributed by atoms with E-state index in [1.807, 2.05) is 32.9 Å². The number of rotatable bonds is 9. The van der Waals surface area contributed by atoms with Crippen molar-refractivity contribution in [3.63, 3.8) is 0 Å². The van der Waals surface area contributed by atoms with Crippen LogP contribution in [0.2, 0.25) is 0 Å². The van der Waals surface area contributed by atoms with Crippen LogP contribution in [0.4, 0.5) is 0 Å². The fourth-order valence-corrected chi connectivity index (χ4v) is 7.60. The van der Waals surface area contributed by atoms with Gasteiger partial charge in [-0.3, -0.25) is 10.1 Å². The molecule has 5 aliphatic rings. The maximum atomic E-state index is 14.1. The van der Waals surface area contributed by atoms with Gasteiger partial charge in [-0.1, -0.05) is 18.7 Å². The summed E-state index contributed by atoms with van der Waals surface area (Å²) in [7, 11) is 2.67. The van der Waals surface area contributed by atoms with Crippen LogP contribution in [0, 0.1) is 13.8 Å². The number of fused-ring (bicyclic) bond motifs is 5. The standard InChI is InChI=1S/C29H30BN2O8S/c1-6-7-36-22-14(3)23-24(38-12-37-23)19-17-11-29(20(19)22)25(27(34)39-29)32(17)26(33)16-10-28(4,31-16)15-8-13(2)21(35-5)18(9-15)40-41-30/h6,8-9,16-17,25,30-31H,1,7,10-12H2,2-5H3/t16-,17-,25+,28?,29-/m0/s1/i30T. The second-order valence-electron chi connectivity index (χ2n) is 11.3. The number of aryl methyl sites for hydroxylation is 1. The minimum Gasteiger partial charge on any atom is -0.493 e. The van der Waals surface area contributed by atoms with Crippen LogP contribution >= 0.6 is 11.9 Å². The molecule has 7 rings (SSSR count). The molecule has 213 valence electrons. The Bertz CT molecular complexity index is 1550. The number of hydrogen-bond acceptors (Lipinski definition) is 10. The maximum Gasteiger partial charge on any atom is 0.334 e. The molecule has 3 fully saturated rings. The van der Waals surface area contributed by atoms with Crippen LogP contribution < -0.4 is 28.4 Å². The fraction of sp³-hybridized carbons (Fsp3) is 0.448. The SMILES string of the molecule is [3H][B]SOc1cc(C2(C)C[C@@H](C(=O)N3[C@H]4C[C@]5(OC(=O)[C@@H]35)c3c(OCC=C)c(C)c5c(c34)OCO5)N2)cc(C)c1OC. The lowest BCUT2D eigenvalue weighted by atomic mass is 9.75. The predicted molar refractivity (Wildman–Crippen MR) is 151 cm³/mol. The lowest BCUT2D eigenvalue weighted by Gasteiger charge is -2.52. The number of carbonyl (C=O) groups is 2. The number of esters is 1. The number of amides is 1. The molecule has 10 nitrogen and oxygen atoms in total. The highest BCUT2D eigenvalue weighted by molar-refractivity contribution is 8.16. The Morgan fingerprint density at radius 3 is 2.80 bits per heavy atom. The summed E-state index contributed by atoms with van der Waals surface area (Å²) in [4.78, 5) is 28.8. The van der Waals surface area contributed by atoms with E-state index in [9.17, 15) is 9.59 Å². The molecule has 1 amide bonds. The van der Waals surface area contributed by atoms with Crippen molar-refractivity contribution < 1.29 is 37.5 Å². The molecule has 12 heteroatoms. The molecule has 1 spiro atoms. The summed E-state index contributed by atoms with van der Waals surface area (Å²) in [5.41, 5.74) is 2.66. The van der Waals surface area contributed by atoms with Gasteiger partial charge in [0.2, 0.25) is 19.8 Å². The zero-order valence-corrected chi connectivity index (χ0v) is 24.0. The molecule has 3 saturated heterocycles. The summed E-state index contributed by atoms with van der Waals surface area (Å²) in [5, 5.41) is 3.47. The first kappa shape index (κ1) is 25.2. The van der Waals surface area contributed by atoms with Gasteiger partial charge >= 0.3 is 5.97 Å². The minimum atomic E-state index is -0.978. The van der Waals surface area contributed by atoms with Crippen molar-refractivity contribution in [1.82, 2.24) is 10.2 Å². The second kappa shape index (κ2) is 9.00. The van der Waals surface area contributed by atoms with Gasteiger partial charge in [-0.25, -0.2) is 4.79 Å². The van der Waals surface area contributed by atoms with E-state index in [4.69, 9.17) is 29.2 Å². The van der Waals surface area contributed by atoms with E-state index in [0.717, 1.165) is 46.8 Å². The van der Waals surface area contributed by atoms with E-state index in [-0.39, 0.29) is 19.3 Å². The minimum absolute atomic E-state index is 0.0677. The third kappa shape index (κ3) is 3.37. The topological polar surface area (TPSA) is 105 Å². The van der Waals surface area contributed by atoms with Crippen LogP contribution in [-0.2, 0) is 25.5 Å². The molecule has 0 saturated carbocycles. The Labute approximate surface area is 244 Å². The first-order valence-corrected chi connectivity index (χ1v) is 14.2. The van der Waals surface area contributed by atoms with E-state index >= 15 is 0 Å². The van der Waals surface area contributed by atoms with Gasteiger partial charge in [0.15, 0.2) is 34.6 Å². The summed E-state index contributed by atoms with van der Waals surface area (Å²) in [6, 6.07) is 2.23. The Hall–Kier alpha value is -3.51. The summed E-state index contributed by atoms with van der Waals surface area (Å²) in [5.74, 6) is 2.31. The van der Waals surface area contributed by atoms with Crippen LogP contribution in [0.15, 0.2) is 24.8 Å². The van der Waals surface area contributed by atoms with Gasteiger partial charge in [0.05, 0.1) is 19.2 Å². The molecule has 1 radical (unpaired) electrons. The normalized spacial score (nSPS) is 29.9. The van der Waals surface area contributed by atoms with Crippen molar-refractivity contribution in [3.8, 4) is 28.7 Å². The lowest BCUT2D eigenvalue weighted by Crippen LogP contribution is -2.70. The molecule has 0 aromatic heterocycles. The summed E-state index contributed by atoms with van der Waals surface area (Å²) >= 11 is 0.893. The Morgan fingerprint density at radius 1 is 1.32 bits per heavy atom. The van der Waals surface area contributed by atoms with Gasteiger partial charge in [-0.15, -0.1) is 0 Å². The molecule has 2 aromatic carbocycles. The molecular formula is C29H30BN2O8S. The van der Waals surface area contributed by atoms with E-state index < -0.39 is 35.2 Å². The highest BCUT2D eigenvalue weighted by atomic mass is 32.2. The number of benzene rings is 2. The third-order valence-electron chi connectivity index (χ3n) is 9.07. The van der Waals surface area contributed by atoms with Crippen molar-refractivity contribution in [1.29, 1.82) is 1.34 Å². The van der Waals surface area contributed by atoms with Crippen molar-refractivity contribution in [2.45, 2.75) is 62.9 Å². The van der Waals surface area contributed by atoms with Crippen molar-refractivity contribution in [3.05, 3.63) is 52.6 Å². The Kier molecular flexibility index (Phi) is 5.53. The highest BCUT2D eigenvalue weighted by Gasteiger charge is 2.76. The molecule has 5 atom stereocenters. The number of nitrogens with zero attached hydrogens (tertiary/aromatic N) is 1. The number of nitrogens with one attached hydrogen (secondary N) is 1. The van der Waals surface area contributed by atoms with Crippen LogP contribution in [0.25, 0.3) is 0 Å². The number of carbonyl (C=O) groups excluding carboxylic acids is 2. The molecule has 2 aromatic rings. The van der Waals surface area contributed by atoms with Crippen LogP contribution in [0.3, 0.4) is 0 Å². The van der Waals surface area contributed by atoms with Gasteiger partial charge in [-0.2, -0.15) is 0 Å². The van der Waals surface area contributed by atoms with Gasteiger partial charge in [0, 0.05) is 28.7 Å². The zero-order valence-electron chi connectivity index (χ0n) is 24.2. The molecule has 2 bridgehead atoms. The third-order valence-corrected chi connectivity index (χ3v) is 9.35. The zero-order chi connectivity index (χ0) is 29.6. The molecule has 4 aliphatic heterocycles. The highest BCUT2D eigenvalue weighted by Crippen LogP contribution is 2.69. The summed E-state index contributed by atoms with van der Waals surface area (Å²) < 4.78 is 42.2. The predicted octanol–water partition coefficient (Wildman–Crippen LogP) is 3.13. The van der Waals surface area contributed by atoms with E-state index in [1.54, 1.807) is 18.1 Å². The van der Waals surface area contributed by atoms with Crippen molar-refractivity contribution >= 4 is 30.9 Å². The van der Waals surface area contributed by atoms with E-state index in [0.29, 0.717) is 41.6 Å². The Balaban J connectivity index is 1.20. The smallest absolute Gasteiger partial charge is 0.334 e. The average Bonchev–Trinajstić information content (AvgIpc) is 3.63. The van der Waals surface area contributed by atoms with Gasteiger partial charge < -0.3 is 32.8 Å². The number of hydrogen-bond donors (Lipinski definition) is 1. The fourth-order valence-electron chi connectivity index (χ4n) is 7.37. The second-order valence-corrected chi connectivity index (χ2v) is 11.7.